The van der Waals surface area contributed by atoms with Crippen LogP contribution in [0.4, 0.5) is 4.79 Å². The zero-order valence-corrected chi connectivity index (χ0v) is 12.1. The molecule has 0 unspecified atom stereocenters. The van der Waals surface area contributed by atoms with Gasteiger partial charge in [0.1, 0.15) is 5.52 Å². The summed E-state index contributed by atoms with van der Waals surface area (Å²) in [6, 6.07) is 6.84. The Labute approximate surface area is 127 Å². The van der Waals surface area contributed by atoms with Crippen molar-refractivity contribution in [3.63, 3.8) is 0 Å². The zero-order valence-electron chi connectivity index (χ0n) is 12.1. The van der Waals surface area contributed by atoms with Gasteiger partial charge in [-0.2, -0.15) is 0 Å². The van der Waals surface area contributed by atoms with Crippen molar-refractivity contribution in [1.29, 1.82) is 0 Å². The Kier molecular flexibility index (Phi) is 4.06. The van der Waals surface area contributed by atoms with Crippen LogP contribution in [-0.4, -0.2) is 41.5 Å². The normalized spacial score (nSPS) is 19.2. The number of primary amides is 1. The summed E-state index contributed by atoms with van der Waals surface area (Å²) in [7, 11) is 0. The van der Waals surface area contributed by atoms with Gasteiger partial charge in [-0.15, -0.1) is 0 Å². The number of rotatable bonds is 3. The van der Waals surface area contributed by atoms with Gasteiger partial charge in [0.15, 0.2) is 11.5 Å². The topological polar surface area (TPSA) is 101 Å². The minimum Gasteiger partial charge on any atom is -0.440 e. The molecule has 1 atom stereocenters. The number of hydrogen-bond donors (Lipinski definition) is 2. The van der Waals surface area contributed by atoms with E-state index in [1.807, 2.05) is 29.2 Å². The number of nitrogens with zero attached hydrogens (tertiary/aromatic N) is 2. The highest BCUT2D eigenvalue weighted by Gasteiger charge is 2.26. The number of hydrogen-bond acceptors (Lipinski definition) is 5. The van der Waals surface area contributed by atoms with Gasteiger partial charge in [0.05, 0.1) is 6.54 Å². The van der Waals surface area contributed by atoms with Gasteiger partial charge < -0.3 is 10.2 Å². The Balaban J connectivity index is 1.67. The van der Waals surface area contributed by atoms with Crippen LogP contribution in [0.15, 0.2) is 28.7 Å². The van der Waals surface area contributed by atoms with Crippen LogP contribution in [0.25, 0.3) is 11.1 Å². The van der Waals surface area contributed by atoms with E-state index in [4.69, 9.17) is 10.2 Å². The highest BCUT2D eigenvalue weighted by molar-refractivity contribution is 5.94. The lowest BCUT2D eigenvalue weighted by atomic mass is 9.98. The summed E-state index contributed by atoms with van der Waals surface area (Å²) < 4.78 is 5.81. The van der Waals surface area contributed by atoms with E-state index in [2.05, 4.69) is 10.3 Å². The molecule has 2 heterocycles. The summed E-state index contributed by atoms with van der Waals surface area (Å²) in [4.78, 5) is 28.8. The number of carbonyl (C=O) groups is 2. The number of likely N-dealkylation sites (tertiary alicyclic amines) is 1. The van der Waals surface area contributed by atoms with Crippen molar-refractivity contribution >= 4 is 23.0 Å². The molecule has 1 aliphatic heterocycles. The lowest BCUT2D eigenvalue weighted by Gasteiger charge is -2.30. The summed E-state index contributed by atoms with van der Waals surface area (Å²) in [5, 5.41) is 2.09. The Hall–Kier alpha value is -2.41. The molecule has 7 nitrogen and oxygen atoms in total. The van der Waals surface area contributed by atoms with Gasteiger partial charge in [0.2, 0.25) is 5.91 Å². The molecular formula is C15H18N4O3. The fourth-order valence-electron chi connectivity index (χ4n) is 2.85. The minimum absolute atomic E-state index is 0.152. The van der Waals surface area contributed by atoms with Gasteiger partial charge in [-0.25, -0.2) is 9.78 Å². The van der Waals surface area contributed by atoms with Crippen molar-refractivity contribution in [2.45, 2.75) is 18.8 Å². The predicted molar refractivity (Wildman–Crippen MR) is 80.2 cm³/mol. The highest BCUT2D eigenvalue weighted by Crippen LogP contribution is 2.28. The number of carbonyl (C=O) groups excluding carboxylic acids is 2. The summed E-state index contributed by atoms with van der Waals surface area (Å²) in [5.41, 5.74) is 6.57. The number of para-hydroxylation sites is 2. The van der Waals surface area contributed by atoms with Gasteiger partial charge in [0.25, 0.3) is 0 Å². The molecule has 1 aromatic carbocycles. The molecule has 0 radical (unpaired) electrons. The Morgan fingerprint density at radius 3 is 3.00 bits per heavy atom. The van der Waals surface area contributed by atoms with E-state index in [1.165, 1.54) is 0 Å². The first kappa shape index (κ1) is 14.5. The lowest BCUT2D eigenvalue weighted by molar-refractivity contribution is -0.121. The Bertz CT molecular complexity index is 664. The minimum atomic E-state index is -0.822. The van der Waals surface area contributed by atoms with Crippen molar-refractivity contribution in [3.05, 3.63) is 30.2 Å². The zero-order chi connectivity index (χ0) is 15.5. The maximum Gasteiger partial charge on any atom is 0.318 e. The molecule has 0 saturated carbocycles. The lowest BCUT2D eigenvalue weighted by Crippen LogP contribution is -2.45. The number of oxazole rings is 1. The number of amides is 3. The highest BCUT2D eigenvalue weighted by atomic mass is 16.3. The second-order valence-corrected chi connectivity index (χ2v) is 5.51. The summed E-state index contributed by atoms with van der Waals surface area (Å²) >= 11 is 0. The van der Waals surface area contributed by atoms with E-state index in [0.29, 0.717) is 12.4 Å². The maximum absolute atomic E-state index is 11.6. The molecule has 0 spiro atoms. The molecule has 1 aromatic heterocycles. The SMILES string of the molecule is NC(=O)NC(=O)CN1CCC[C@@H](c2nc3ccccc3o2)C1. The molecule has 0 aliphatic carbocycles. The average Bonchev–Trinajstić information content (AvgIpc) is 2.90. The Morgan fingerprint density at radius 2 is 2.23 bits per heavy atom. The van der Waals surface area contributed by atoms with Gasteiger partial charge in [0, 0.05) is 12.5 Å². The van der Waals surface area contributed by atoms with Crippen LogP contribution < -0.4 is 11.1 Å². The molecular weight excluding hydrogens is 284 g/mol. The van der Waals surface area contributed by atoms with Crippen LogP contribution in [-0.2, 0) is 4.79 Å². The molecule has 7 heteroatoms. The summed E-state index contributed by atoms with van der Waals surface area (Å²) in [6.07, 6.45) is 1.92. The number of piperidine rings is 1. The third-order valence-electron chi connectivity index (χ3n) is 3.80. The standard InChI is InChI=1S/C15H18N4O3/c16-15(21)18-13(20)9-19-7-3-4-10(8-19)14-17-11-5-1-2-6-12(11)22-14/h1-2,5-6,10H,3-4,7-9H2,(H3,16,18,20,21)/t10-/m1/s1. The van der Waals surface area contributed by atoms with Crippen molar-refractivity contribution in [2.75, 3.05) is 19.6 Å². The van der Waals surface area contributed by atoms with Crippen molar-refractivity contribution in [3.8, 4) is 0 Å². The van der Waals surface area contributed by atoms with Gasteiger partial charge >= 0.3 is 6.03 Å². The number of fused-ring (bicyclic) bond motifs is 1. The van der Waals surface area contributed by atoms with Crippen LogP contribution in [0.5, 0.6) is 0 Å². The fraction of sp³-hybridized carbons (Fsp3) is 0.400. The van der Waals surface area contributed by atoms with Gasteiger partial charge in [-0.1, -0.05) is 12.1 Å². The van der Waals surface area contributed by atoms with Crippen molar-refractivity contribution in [2.24, 2.45) is 5.73 Å². The molecule has 1 aliphatic rings. The smallest absolute Gasteiger partial charge is 0.318 e. The second kappa shape index (κ2) is 6.15. The first-order chi connectivity index (χ1) is 10.6. The summed E-state index contributed by atoms with van der Waals surface area (Å²) in [6.45, 7) is 1.64. The first-order valence-electron chi connectivity index (χ1n) is 7.29. The third-order valence-corrected chi connectivity index (χ3v) is 3.80. The summed E-state index contributed by atoms with van der Waals surface area (Å²) in [5.74, 6) is 0.481. The quantitative estimate of drug-likeness (QED) is 0.887. The molecule has 3 N–H and O–H groups in total. The average molecular weight is 302 g/mol. The fourth-order valence-corrected chi connectivity index (χ4v) is 2.85. The molecule has 3 rings (SSSR count). The van der Waals surface area contributed by atoms with E-state index in [9.17, 15) is 9.59 Å². The molecule has 2 aromatic rings. The molecule has 116 valence electrons. The van der Waals surface area contributed by atoms with Crippen LogP contribution in [0.3, 0.4) is 0 Å². The van der Waals surface area contributed by atoms with E-state index in [1.54, 1.807) is 0 Å². The van der Waals surface area contributed by atoms with Gasteiger partial charge in [-0.3, -0.25) is 15.0 Å². The van der Waals surface area contributed by atoms with Gasteiger partial charge in [-0.05, 0) is 31.5 Å². The van der Waals surface area contributed by atoms with E-state index in [0.717, 1.165) is 30.5 Å². The van der Waals surface area contributed by atoms with Crippen molar-refractivity contribution in [1.82, 2.24) is 15.2 Å². The van der Waals surface area contributed by atoms with Crippen molar-refractivity contribution < 1.29 is 14.0 Å². The monoisotopic (exact) mass is 302 g/mol. The number of nitrogens with two attached hydrogens (primary N) is 1. The van der Waals surface area contributed by atoms with Crippen LogP contribution in [0, 0.1) is 0 Å². The van der Waals surface area contributed by atoms with E-state index >= 15 is 0 Å². The number of urea groups is 1. The largest absolute Gasteiger partial charge is 0.440 e. The molecule has 3 amide bonds. The second-order valence-electron chi connectivity index (χ2n) is 5.51. The molecule has 0 bridgehead atoms. The van der Waals surface area contributed by atoms with Crippen LogP contribution in [0.1, 0.15) is 24.7 Å². The number of nitrogens with one attached hydrogen (secondary N) is 1. The number of benzene rings is 1. The number of imide groups is 1. The molecule has 22 heavy (non-hydrogen) atoms. The van der Waals surface area contributed by atoms with Crippen LogP contribution >= 0.6 is 0 Å². The van der Waals surface area contributed by atoms with E-state index in [-0.39, 0.29) is 18.4 Å². The predicted octanol–water partition coefficient (Wildman–Crippen LogP) is 1.20. The number of aromatic nitrogens is 1. The maximum atomic E-state index is 11.6. The first-order valence-corrected chi connectivity index (χ1v) is 7.29. The van der Waals surface area contributed by atoms with Crippen LogP contribution in [0.2, 0.25) is 0 Å². The van der Waals surface area contributed by atoms with E-state index < -0.39 is 6.03 Å². The molecule has 1 saturated heterocycles. The molecule has 1 fully saturated rings. The third kappa shape index (κ3) is 3.25. The Morgan fingerprint density at radius 1 is 1.41 bits per heavy atom.